The molecule has 0 aliphatic heterocycles. The van der Waals surface area contributed by atoms with Gasteiger partial charge in [-0.2, -0.15) is 0 Å². The normalized spacial score (nSPS) is 11.4. The van der Waals surface area contributed by atoms with Crippen molar-refractivity contribution in [3.05, 3.63) is 71.8 Å². The van der Waals surface area contributed by atoms with Crippen molar-refractivity contribution < 1.29 is 4.79 Å². The molecule has 5 rings (SSSR count). The number of aromatic nitrogens is 4. The van der Waals surface area contributed by atoms with E-state index < -0.39 is 0 Å². The van der Waals surface area contributed by atoms with Crippen LogP contribution in [0.4, 0.5) is 4.79 Å². The van der Waals surface area contributed by atoms with Crippen molar-refractivity contribution in [2.24, 2.45) is 7.05 Å². The van der Waals surface area contributed by atoms with E-state index in [4.69, 9.17) is 0 Å². The van der Waals surface area contributed by atoms with Gasteiger partial charge in [0, 0.05) is 43.8 Å². The van der Waals surface area contributed by atoms with Gasteiger partial charge in [0.1, 0.15) is 5.82 Å². The van der Waals surface area contributed by atoms with Crippen LogP contribution in [0.3, 0.4) is 0 Å². The summed E-state index contributed by atoms with van der Waals surface area (Å²) in [4.78, 5) is 22.3. The lowest BCUT2D eigenvalue weighted by molar-refractivity contribution is 0.245. The number of nitrogens with one attached hydrogen (secondary N) is 1. The molecule has 1 amide bonds. The Bertz CT molecular complexity index is 1410. The second-order valence-electron chi connectivity index (χ2n) is 7.40. The number of carbonyl (C=O) groups excluding carboxylic acids is 1. The number of carbonyl (C=O) groups is 1. The Hall–Kier alpha value is -3.45. The van der Waals surface area contributed by atoms with Gasteiger partial charge in [0.05, 0.1) is 20.6 Å². The highest BCUT2D eigenvalue weighted by Crippen LogP contribution is 2.34. The van der Waals surface area contributed by atoms with Gasteiger partial charge in [0.15, 0.2) is 0 Å². The number of aryl methyl sites for hydroxylation is 2. The summed E-state index contributed by atoms with van der Waals surface area (Å²) >= 11 is 1.73. The van der Waals surface area contributed by atoms with Gasteiger partial charge in [-0.3, -0.25) is 9.55 Å². The third-order valence-corrected chi connectivity index (χ3v) is 6.59. The third-order valence-electron chi connectivity index (χ3n) is 5.40. The highest BCUT2D eigenvalue weighted by atomic mass is 32.1. The molecule has 5 aromatic rings. The Labute approximate surface area is 177 Å². The van der Waals surface area contributed by atoms with Crippen LogP contribution >= 0.6 is 11.3 Å². The van der Waals surface area contributed by atoms with Crippen LogP contribution in [0, 0.1) is 6.92 Å². The molecule has 0 fully saturated rings. The van der Waals surface area contributed by atoms with Crippen LogP contribution < -0.4 is 5.32 Å². The van der Waals surface area contributed by atoms with Crippen molar-refractivity contribution in [3.63, 3.8) is 0 Å². The Morgan fingerprint density at radius 3 is 2.77 bits per heavy atom. The van der Waals surface area contributed by atoms with Crippen LogP contribution in [0.25, 0.3) is 31.8 Å². The van der Waals surface area contributed by atoms with Gasteiger partial charge in [0.2, 0.25) is 0 Å². The van der Waals surface area contributed by atoms with Gasteiger partial charge >= 0.3 is 6.03 Å². The fourth-order valence-corrected chi connectivity index (χ4v) is 5.12. The summed E-state index contributed by atoms with van der Waals surface area (Å²) in [6.07, 6.45) is 6.45. The molecule has 0 bridgehead atoms. The predicted molar refractivity (Wildman–Crippen MR) is 121 cm³/mol. The molecule has 6 nitrogen and oxygen atoms in total. The molecule has 0 aliphatic rings. The second-order valence-corrected chi connectivity index (χ2v) is 8.46. The second kappa shape index (κ2) is 7.11. The Morgan fingerprint density at radius 1 is 1.13 bits per heavy atom. The van der Waals surface area contributed by atoms with Gasteiger partial charge in [0.25, 0.3) is 0 Å². The fourth-order valence-electron chi connectivity index (χ4n) is 3.96. The van der Waals surface area contributed by atoms with Crippen molar-refractivity contribution in [2.75, 3.05) is 7.05 Å². The smallest absolute Gasteiger partial charge is 0.325 e. The minimum absolute atomic E-state index is 0.119. The number of amides is 1. The first-order valence-electron chi connectivity index (χ1n) is 9.73. The van der Waals surface area contributed by atoms with Crippen molar-refractivity contribution in [1.82, 2.24) is 24.4 Å². The number of nitrogens with zero attached hydrogens (tertiary/aromatic N) is 4. The summed E-state index contributed by atoms with van der Waals surface area (Å²) < 4.78 is 4.93. The van der Waals surface area contributed by atoms with Gasteiger partial charge in [-0.1, -0.05) is 6.07 Å². The zero-order valence-corrected chi connectivity index (χ0v) is 17.8. The van der Waals surface area contributed by atoms with Crippen LogP contribution in [-0.2, 0) is 13.5 Å². The molecule has 30 heavy (non-hydrogen) atoms. The molecule has 1 aromatic carbocycles. The zero-order valence-electron chi connectivity index (χ0n) is 17.0. The van der Waals surface area contributed by atoms with Crippen molar-refractivity contribution in [2.45, 2.75) is 13.3 Å². The molecule has 0 saturated heterocycles. The first-order chi connectivity index (χ1) is 14.5. The van der Waals surface area contributed by atoms with Gasteiger partial charge < -0.3 is 9.88 Å². The number of hydrogen-bond acceptors (Lipinski definition) is 4. The lowest BCUT2D eigenvalue weighted by Gasteiger charge is -2.07. The number of rotatable bonds is 3. The topological polar surface area (TPSA) is 64.7 Å². The van der Waals surface area contributed by atoms with Crippen LogP contribution in [0.5, 0.6) is 0 Å². The number of hydrogen-bond donors (Lipinski definition) is 1. The lowest BCUT2D eigenvalue weighted by atomic mass is 10.0. The minimum Gasteiger partial charge on any atom is -0.340 e. The van der Waals surface area contributed by atoms with Crippen LogP contribution in [-0.4, -0.2) is 32.2 Å². The lowest BCUT2D eigenvalue weighted by Crippen LogP contribution is -2.25. The third kappa shape index (κ3) is 2.98. The molecular weight excluding hydrogens is 394 g/mol. The predicted octanol–water partition coefficient (Wildman–Crippen LogP) is 4.74. The summed E-state index contributed by atoms with van der Waals surface area (Å²) in [7, 11) is 3.65. The molecule has 0 unspecified atom stereocenters. The molecule has 150 valence electrons. The van der Waals surface area contributed by atoms with E-state index in [1.54, 1.807) is 23.0 Å². The van der Waals surface area contributed by atoms with Crippen molar-refractivity contribution in [1.29, 1.82) is 0 Å². The molecule has 0 saturated carbocycles. The Kier molecular flexibility index (Phi) is 4.40. The molecular formula is C23H21N5OS. The Balaban J connectivity index is 1.54. The highest BCUT2D eigenvalue weighted by Gasteiger charge is 2.14. The number of thiophene rings is 1. The first-order valence-corrected chi connectivity index (χ1v) is 10.5. The average molecular weight is 416 g/mol. The minimum atomic E-state index is -0.119. The highest BCUT2D eigenvalue weighted by molar-refractivity contribution is 7.22. The van der Waals surface area contributed by atoms with E-state index in [1.807, 2.05) is 43.2 Å². The van der Waals surface area contributed by atoms with E-state index >= 15 is 0 Å². The largest absolute Gasteiger partial charge is 0.340 e. The molecule has 0 aliphatic carbocycles. The van der Waals surface area contributed by atoms with E-state index in [-0.39, 0.29) is 6.03 Å². The van der Waals surface area contributed by atoms with Gasteiger partial charge in [-0.15, -0.1) is 11.3 Å². The molecule has 0 atom stereocenters. The maximum absolute atomic E-state index is 12.2. The van der Waals surface area contributed by atoms with Crippen molar-refractivity contribution >= 4 is 38.5 Å². The molecule has 1 N–H and O–H groups in total. The zero-order chi connectivity index (χ0) is 20.8. The number of imidazole rings is 1. The number of benzene rings is 1. The van der Waals surface area contributed by atoms with E-state index in [0.717, 1.165) is 39.2 Å². The maximum atomic E-state index is 12.2. The first kappa shape index (κ1) is 18.6. The molecule has 0 radical (unpaired) electrons. The summed E-state index contributed by atoms with van der Waals surface area (Å²) in [5.41, 5.74) is 5.29. The molecule has 4 aromatic heterocycles. The maximum Gasteiger partial charge on any atom is 0.325 e. The summed E-state index contributed by atoms with van der Waals surface area (Å²) in [5.74, 6) is 0.955. The van der Waals surface area contributed by atoms with Crippen LogP contribution in [0.1, 0.15) is 16.8 Å². The van der Waals surface area contributed by atoms with Crippen LogP contribution in [0.15, 0.2) is 55.0 Å². The molecule has 0 spiro atoms. The van der Waals surface area contributed by atoms with E-state index in [0.29, 0.717) is 0 Å². The molecule has 4 heterocycles. The summed E-state index contributed by atoms with van der Waals surface area (Å²) in [6.45, 7) is 1.95. The quantitative estimate of drug-likeness (QED) is 0.463. The standard InChI is InChI=1S/C23H21N5OS/c1-14-10-17-12-15(4-5-19(17)28(14)23(29)24-2)11-16-6-7-25-18-13-20(30-21(16)18)22-26-8-9-27(22)3/h4-10,12-13H,11H2,1-3H3,(H,24,29). The van der Waals surface area contributed by atoms with Crippen molar-refractivity contribution in [3.8, 4) is 10.7 Å². The average Bonchev–Trinajstić information content (AvgIpc) is 3.43. The SMILES string of the molecule is CNC(=O)n1c(C)cc2cc(Cc3ccnc4cc(-c5nccn5C)sc34)ccc21. The number of fused-ring (bicyclic) bond motifs is 2. The van der Waals surface area contributed by atoms with Gasteiger partial charge in [-0.25, -0.2) is 9.78 Å². The summed E-state index contributed by atoms with van der Waals surface area (Å²) in [6, 6.07) is 12.4. The monoisotopic (exact) mass is 415 g/mol. The fraction of sp³-hybridized carbons (Fsp3) is 0.174. The van der Waals surface area contributed by atoms with E-state index in [2.05, 4.69) is 45.6 Å². The number of pyridine rings is 1. The van der Waals surface area contributed by atoms with Gasteiger partial charge in [-0.05, 0) is 54.8 Å². The van der Waals surface area contributed by atoms with E-state index in [9.17, 15) is 4.79 Å². The van der Waals surface area contributed by atoms with Crippen LogP contribution in [0.2, 0.25) is 0 Å². The molecule has 7 heteroatoms. The summed E-state index contributed by atoms with van der Waals surface area (Å²) in [5, 5.41) is 3.77. The van der Waals surface area contributed by atoms with E-state index in [1.165, 1.54) is 15.8 Å². The Morgan fingerprint density at radius 2 is 2.00 bits per heavy atom.